The number of rotatable bonds is 1. The molecule has 0 bridgehead atoms. The van der Waals surface area contributed by atoms with Gasteiger partial charge in [-0.2, -0.15) is 0 Å². The first kappa shape index (κ1) is 22.1. The summed E-state index contributed by atoms with van der Waals surface area (Å²) in [4.78, 5) is 30.4. The standard InChI is InChI=1S/C24H21FN2O4.CH3.Es/c1-3-24(30)16-7-19-21-14(9-27(19)22(28)15(16)10-31-23(24)29)13-6-4-5-12-11(2)17(25)8-18(26-21)20(12)13;;/h7-8,30H,3-6,9-10H2,1-2H3;1H3;/q;-1;/t24-;;/m0../s1. The van der Waals surface area contributed by atoms with Crippen LogP contribution in [0.15, 0.2) is 16.9 Å². The number of aliphatic hydroxyl groups is 1. The molecule has 6 rings (SSSR count). The van der Waals surface area contributed by atoms with Gasteiger partial charge < -0.3 is 21.8 Å². The summed E-state index contributed by atoms with van der Waals surface area (Å²) in [7, 11) is 0. The molecule has 1 N–H and O–H groups in total. The molecule has 0 unspecified atom stereocenters. The van der Waals surface area contributed by atoms with E-state index in [4.69, 9.17) is 9.72 Å². The summed E-state index contributed by atoms with van der Waals surface area (Å²) < 4.78 is 21.4. The molecule has 6 nitrogen and oxygen atoms in total. The van der Waals surface area contributed by atoms with Crippen LogP contribution in [0.2, 0.25) is 0 Å². The third-order valence-corrected chi connectivity index (χ3v) is 7.27. The van der Waals surface area contributed by atoms with Crippen molar-refractivity contribution in [2.24, 2.45) is 0 Å². The Balaban J connectivity index is 0.00000130. The number of esters is 1. The second-order valence-electron chi connectivity index (χ2n) is 8.73. The normalized spacial score (nSPS) is 19.7. The number of aryl methyl sites for hydroxylation is 2. The maximum atomic E-state index is 14.6. The number of halogens is 1. The summed E-state index contributed by atoms with van der Waals surface area (Å²) in [5, 5.41) is 12.0. The van der Waals surface area contributed by atoms with Gasteiger partial charge in [0.2, 0.25) is 0 Å². The molecule has 4 heterocycles. The zero-order valence-electron chi connectivity index (χ0n) is 18.6. The van der Waals surface area contributed by atoms with Crippen molar-refractivity contribution in [3.8, 4) is 11.4 Å². The molecule has 3 aromatic rings. The molecule has 1 atom stereocenters. The number of hydrogen-bond acceptors (Lipinski definition) is 5. The maximum absolute atomic E-state index is 14.6. The first-order chi connectivity index (χ1) is 14.8. The molecule has 0 saturated heterocycles. The Labute approximate surface area is 184 Å². The van der Waals surface area contributed by atoms with E-state index < -0.39 is 11.6 Å². The van der Waals surface area contributed by atoms with Gasteiger partial charge in [0.1, 0.15) is 12.4 Å². The fourth-order valence-electron chi connectivity index (χ4n) is 5.52. The van der Waals surface area contributed by atoms with E-state index in [0.717, 1.165) is 41.3 Å². The Hall–Kier alpha value is -4.06. The van der Waals surface area contributed by atoms with Gasteiger partial charge in [0.15, 0.2) is 5.60 Å². The fraction of sp³-hybridized carbons (Fsp3) is 0.360. The van der Waals surface area contributed by atoms with E-state index in [-0.39, 0.29) is 31.8 Å². The number of carbonyl (C=O) groups excluding carboxylic acids is 1. The van der Waals surface area contributed by atoms with Gasteiger partial charge in [0.05, 0.1) is 29.0 Å². The van der Waals surface area contributed by atoms with Gasteiger partial charge in [-0.25, -0.2) is 14.2 Å². The Morgan fingerprint density at radius 3 is 2.64 bits per heavy atom. The molecular formula is C25H24EsFN2O4-. The molecule has 1 aliphatic carbocycles. The predicted octanol–water partition coefficient (Wildman–Crippen LogP) is 3.47. The minimum absolute atomic E-state index is 0. The molecule has 2 aromatic heterocycles. The van der Waals surface area contributed by atoms with Crippen LogP contribution in [0.25, 0.3) is 22.3 Å². The average Bonchev–Trinajstić information content (AvgIpc) is 3.14. The molecule has 0 fully saturated rings. The quantitative estimate of drug-likeness (QED) is 0.245. The Kier molecular flexibility index (Phi) is 4.68. The molecule has 8 heteroatoms. The van der Waals surface area contributed by atoms with Crippen LogP contribution in [0, 0.1) is 20.2 Å². The van der Waals surface area contributed by atoms with E-state index in [0.29, 0.717) is 40.1 Å². The zero-order valence-corrected chi connectivity index (χ0v) is 21.2. The monoisotopic (exact) mass is 687 g/mol. The second-order valence-corrected chi connectivity index (χ2v) is 8.73. The van der Waals surface area contributed by atoms with Crippen LogP contribution in [0.1, 0.15) is 53.1 Å². The van der Waals surface area contributed by atoms with Crippen LogP contribution < -0.4 is 5.56 Å². The minimum Gasteiger partial charge on any atom is -0.458 e. The van der Waals surface area contributed by atoms with E-state index in [1.165, 1.54) is 6.07 Å². The number of benzene rings is 1. The van der Waals surface area contributed by atoms with Crippen LogP contribution in [0.4, 0.5) is 4.39 Å². The number of hydrogen-bond donors (Lipinski definition) is 1. The van der Waals surface area contributed by atoms with Crippen LogP contribution in [0.5, 0.6) is 0 Å². The van der Waals surface area contributed by atoms with Crippen LogP contribution in [0.3, 0.4) is 0 Å². The van der Waals surface area contributed by atoms with Crippen molar-refractivity contribution in [1.82, 2.24) is 9.55 Å². The third kappa shape index (κ3) is 2.55. The Bertz CT molecular complexity index is 1410. The molecule has 0 amide bonds. The molecule has 177 valence electrons. The van der Waals surface area contributed by atoms with Crippen molar-refractivity contribution in [1.29, 1.82) is 0 Å². The Morgan fingerprint density at radius 1 is 1.18 bits per heavy atom. The van der Waals surface area contributed by atoms with Crippen LogP contribution >= 0.6 is 0 Å². The number of aromatic nitrogens is 2. The van der Waals surface area contributed by atoms with Crippen LogP contribution in [-0.2, 0) is 41.1 Å². The van der Waals surface area contributed by atoms with Crippen LogP contribution in [-0.4, -0.2) is 20.6 Å². The van der Waals surface area contributed by atoms with Crippen molar-refractivity contribution < 1.29 is 19.0 Å². The van der Waals surface area contributed by atoms with Crippen molar-refractivity contribution in [3.05, 3.63) is 69.1 Å². The molecule has 0 spiro atoms. The number of ether oxygens (including phenoxy) is 1. The molecule has 1 radical (unpaired) electrons. The maximum Gasteiger partial charge on any atom is 0.343 e. The smallest absolute Gasteiger partial charge is 0.343 e. The van der Waals surface area contributed by atoms with E-state index in [2.05, 4.69) is 0 Å². The number of cyclic esters (lactones) is 1. The number of fused-ring (bicyclic) bond motifs is 5. The summed E-state index contributed by atoms with van der Waals surface area (Å²) in [6.07, 6.45) is 2.68. The predicted molar refractivity (Wildman–Crippen MR) is 118 cm³/mol. The van der Waals surface area contributed by atoms with Gasteiger partial charge in [-0.05, 0) is 55.4 Å². The van der Waals surface area contributed by atoms with Gasteiger partial charge in [0, 0.05) is 22.6 Å². The molecule has 33 heavy (non-hydrogen) atoms. The Morgan fingerprint density at radius 2 is 1.91 bits per heavy atom. The average molecular weight is 687 g/mol. The first-order valence-electron chi connectivity index (χ1n) is 10.7. The number of pyridine rings is 2. The van der Waals surface area contributed by atoms with Gasteiger partial charge in [0.25, 0.3) is 5.56 Å². The molecule has 3 aliphatic rings. The summed E-state index contributed by atoms with van der Waals surface area (Å²) in [6.45, 7) is 3.71. The van der Waals surface area contributed by atoms with Gasteiger partial charge in [-0.15, -0.1) is 0 Å². The first-order valence-corrected chi connectivity index (χ1v) is 10.7. The minimum atomic E-state index is -1.85. The third-order valence-electron chi connectivity index (χ3n) is 7.27. The second kappa shape index (κ2) is 6.97. The number of carbonyl (C=O) groups is 1. The summed E-state index contributed by atoms with van der Waals surface area (Å²) in [5.74, 6) is -1.01. The molecule has 0 saturated carbocycles. The number of nitrogens with zero attached hydrogens (tertiary/aromatic N) is 2. The topological polar surface area (TPSA) is 81.4 Å². The van der Waals surface area contributed by atoms with Gasteiger partial charge in [-0.1, -0.05) is 6.92 Å². The van der Waals surface area contributed by atoms with Crippen molar-refractivity contribution in [2.75, 3.05) is 0 Å². The fourth-order valence-corrected chi connectivity index (χ4v) is 5.52. The van der Waals surface area contributed by atoms with E-state index in [1.54, 1.807) is 17.6 Å². The van der Waals surface area contributed by atoms with Gasteiger partial charge in [-0.3, -0.25) is 4.79 Å². The van der Waals surface area contributed by atoms with Crippen molar-refractivity contribution in [2.45, 2.75) is 58.3 Å². The zero-order chi connectivity index (χ0) is 21.7. The summed E-state index contributed by atoms with van der Waals surface area (Å²) in [5.41, 5.74) is 4.04. The van der Waals surface area contributed by atoms with Gasteiger partial charge >= 0.3 is 5.97 Å². The largest absolute Gasteiger partial charge is 0.458 e. The summed E-state index contributed by atoms with van der Waals surface area (Å²) in [6, 6.07) is 3.18. The molecule has 1 aromatic carbocycles. The van der Waals surface area contributed by atoms with E-state index in [1.807, 2.05) is 6.92 Å². The molecular weight excluding hydrogens is 663 g/mol. The SMILES string of the molecule is CC[C@@]1(O)C(=O)OCc2c1cc1n(c2=O)Cc2c-1nc1cc(F)c(C)c3c1c2CCC3.[CH3-].[Es]. The van der Waals surface area contributed by atoms with E-state index in [9.17, 15) is 19.1 Å². The van der Waals surface area contributed by atoms with Crippen molar-refractivity contribution in [3.63, 3.8) is 0 Å². The van der Waals surface area contributed by atoms with E-state index >= 15 is 0 Å². The summed E-state index contributed by atoms with van der Waals surface area (Å²) >= 11 is 0. The van der Waals surface area contributed by atoms with Crippen molar-refractivity contribution >= 4 is 16.9 Å². The molecule has 2 aliphatic heterocycles.